The summed E-state index contributed by atoms with van der Waals surface area (Å²) in [5.41, 5.74) is -2.10. The third-order valence-corrected chi connectivity index (χ3v) is 4.68. The van der Waals surface area contributed by atoms with Gasteiger partial charge < -0.3 is 19.4 Å². The molecule has 0 saturated carbocycles. The van der Waals surface area contributed by atoms with E-state index in [1.165, 1.54) is 43.7 Å². The van der Waals surface area contributed by atoms with Crippen molar-refractivity contribution in [3.8, 4) is 5.75 Å². The lowest BCUT2D eigenvalue weighted by molar-refractivity contribution is -0.385. The largest absolute Gasteiger partial charge is 0.490 e. The maximum atomic E-state index is 13.2. The molecule has 2 aromatic carbocycles. The summed E-state index contributed by atoms with van der Waals surface area (Å²) >= 11 is 0. The highest BCUT2D eigenvalue weighted by Crippen LogP contribution is 2.34. The molecule has 9 nitrogen and oxygen atoms in total. The quantitative estimate of drug-likeness (QED) is 0.378. The van der Waals surface area contributed by atoms with Crippen molar-refractivity contribution in [3.63, 3.8) is 0 Å². The Balaban J connectivity index is 1.87. The fourth-order valence-corrected chi connectivity index (χ4v) is 3.14. The highest BCUT2D eigenvalue weighted by molar-refractivity contribution is 6.00. The normalized spacial score (nSPS) is 11.1. The topological polar surface area (TPSA) is 115 Å². The summed E-state index contributed by atoms with van der Waals surface area (Å²) < 4.78 is 49.8. The van der Waals surface area contributed by atoms with E-state index in [0.717, 1.165) is 23.1 Å². The number of benzene rings is 2. The van der Waals surface area contributed by atoms with E-state index in [2.05, 4.69) is 5.32 Å². The number of anilines is 1. The number of methoxy groups -OCH3 is 1. The number of para-hydroxylation sites is 1. The van der Waals surface area contributed by atoms with Crippen LogP contribution < -0.4 is 10.1 Å². The average Bonchev–Trinajstić information content (AvgIpc) is 3.30. The molecule has 178 valence electrons. The SMILES string of the molecule is COc1ccc(C(=O)N(CC(=O)Nc2ccccc2C(F)(F)F)Cc2ccco2)cc1[N+](=O)[O-]. The van der Waals surface area contributed by atoms with Crippen molar-refractivity contribution in [2.45, 2.75) is 12.7 Å². The molecule has 1 N–H and O–H groups in total. The Morgan fingerprint density at radius 2 is 1.88 bits per heavy atom. The molecule has 1 heterocycles. The number of hydrogen-bond donors (Lipinski definition) is 1. The van der Waals surface area contributed by atoms with Crippen LogP contribution in [0, 0.1) is 10.1 Å². The third-order valence-electron chi connectivity index (χ3n) is 4.68. The number of rotatable bonds is 8. The molecule has 1 aromatic heterocycles. The highest BCUT2D eigenvalue weighted by atomic mass is 19.4. The molecule has 0 saturated heterocycles. The Morgan fingerprint density at radius 1 is 1.15 bits per heavy atom. The number of nitro benzene ring substituents is 1. The first-order valence-corrected chi connectivity index (χ1v) is 9.70. The minimum Gasteiger partial charge on any atom is -0.490 e. The van der Waals surface area contributed by atoms with Crippen LogP contribution in [0.25, 0.3) is 0 Å². The molecular weight excluding hydrogens is 459 g/mol. The second kappa shape index (κ2) is 10.1. The maximum Gasteiger partial charge on any atom is 0.418 e. The second-order valence-electron chi connectivity index (χ2n) is 6.98. The number of nitrogens with one attached hydrogen (secondary N) is 1. The van der Waals surface area contributed by atoms with Crippen molar-refractivity contribution in [1.29, 1.82) is 0 Å². The van der Waals surface area contributed by atoms with Crippen LogP contribution in [0.5, 0.6) is 5.75 Å². The van der Waals surface area contributed by atoms with Crippen LogP contribution in [0.1, 0.15) is 21.7 Å². The summed E-state index contributed by atoms with van der Waals surface area (Å²) in [5.74, 6) is -1.46. The summed E-state index contributed by atoms with van der Waals surface area (Å²) in [6.07, 6.45) is -3.36. The molecule has 34 heavy (non-hydrogen) atoms. The first-order valence-electron chi connectivity index (χ1n) is 9.70. The minimum atomic E-state index is -4.70. The van der Waals surface area contributed by atoms with Crippen LogP contribution >= 0.6 is 0 Å². The van der Waals surface area contributed by atoms with Gasteiger partial charge in [-0.3, -0.25) is 19.7 Å². The molecular formula is C22H18F3N3O6. The lowest BCUT2D eigenvalue weighted by Gasteiger charge is -2.22. The summed E-state index contributed by atoms with van der Waals surface area (Å²) in [4.78, 5) is 37.3. The van der Waals surface area contributed by atoms with Crippen LogP contribution in [0.15, 0.2) is 65.3 Å². The molecule has 0 atom stereocenters. The van der Waals surface area contributed by atoms with E-state index in [1.54, 1.807) is 6.07 Å². The maximum absolute atomic E-state index is 13.2. The van der Waals surface area contributed by atoms with E-state index in [-0.39, 0.29) is 17.9 Å². The van der Waals surface area contributed by atoms with Crippen LogP contribution in [0.4, 0.5) is 24.5 Å². The fourth-order valence-electron chi connectivity index (χ4n) is 3.14. The van der Waals surface area contributed by atoms with Gasteiger partial charge in [-0.2, -0.15) is 13.2 Å². The summed E-state index contributed by atoms with van der Waals surface area (Å²) in [6, 6.07) is 11.0. The van der Waals surface area contributed by atoms with Crippen molar-refractivity contribution in [2.75, 3.05) is 19.0 Å². The van der Waals surface area contributed by atoms with Gasteiger partial charge in [0.05, 0.1) is 36.1 Å². The van der Waals surface area contributed by atoms with E-state index in [4.69, 9.17) is 9.15 Å². The number of nitrogens with zero attached hydrogens (tertiary/aromatic N) is 2. The molecule has 0 aliphatic rings. The predicted molar refractivity (Wildman–Crippen MR) is 113 cm³/mol. The first-order chi connectivity index (χ1) is 16.1. The number of alkyl halides is 3. The van der Waals surface area contributed by atoms with E-state index < -0.39 is 46.4 Å². The van der Waals surface area contributed by atoms with Gasteiger partial charge in [-0.25, -0.2) is 0 Å². The zero-order valence-electron chi connectivity index (χ0n) is 17.7. The van der Waals surface area contributed by atoms with Gasteiger partial charge in [0.25, 0.3) is 5.91 Å². The number of nitro groups is 1. The van der Waals surface area contributed by atoms with Crippen molar-refractivity contribution >= 4 is 23.2 Å². The number of ether oxygens (including phenoxy) is 1. The fraction of sp³-hybridized carbons (Fsp3) is 0.182. The molecule has 0 spiro atoms. The van der Waals surface area contributed by atoms with Gasteiger partial charge in [0, 0.05) is 11.6 Å². The number of carbonyl (C=O) groups is 2. The van der Waals surface area contributed by atoms with Gasteiger partial charge >= 0.3 is 11.9 Å². The Bertz CT molecular complexity index is 1190. The molecule has 12 heteroatoms. The van der Waals surface area contributed by atoms with Gasteiger partial charge in [-0.1, -0.05) is 12.1 Å². The first kappa shape index (κ1) is 24.3. The van der Waals surface area contributed by atoms with Gasteiger partial charge in [0.2, 0.25) is 5.91 Å². The van der Waals surface area contributed by atoms with E-state index >= 15 is 0 Å². The Morgan fingerprint density at radius 3 is 2.50 bits per heavy atom. The molecule has 0 aliphatic heterocycles. The summed E-state index contributed by atoms with van der Waals surface area (Å²) in [6.45, 7) is -0.856. The number of furan rings is 1. The number of carbonyl (C=O) groups excluding carboxylic acids is 2. The molecule has 0 fully saturated rings. The molecule has 0 aliphatic carbocycles. The predicted octanol–water partition coefficient (Wildman–Crippen LogP) is 4.50. The molecule has 0 unspecified atom stereocenters. The van der Waals surface area contributed by atoms with E-state index in [1.807, 2.05) is 0 Å². The van der Waals surface area contributed by atoms with E-state index in [9.17, 15) is 32.9 Å². The molecule has 0 bridgehead atoms. The Kier molecular flexibility index (Phi) is 7.19. The van der Waals surface area contributed by atoms with Gasteiger partial charge in [0.1, 0.15) is 12.3 Å². The minimum absolute atomic E-state index is 0.0689. The van der Waals surface area contributed by atoms with Crippen LogP contribution in [0.2, 0.25) is 0 Å². The molecule has 0 radical (unpaired) electrons. The Labute approximate surface area is 190 Å². The molecule has 2 amide bonds. The zero-order valence-corrected chi connectivity index (χ0v) is 17.7. The van der Waals surface area contributed by atoms with Crippen molar-refractivity contribution in [1.82, 2.24) is 4.90 Å². The number of amides is 2. The lowest BCUT2D eigenvalue weighted by Crippen LogP contribution is -2.37. The van der Waals surface area contributed by atoms with Crippen LogP contribution in [-0.2, 0) is 17.5 Å². The van der Waals surface area contributed by atoms with Crippen molar-refractivity contribution in [3.05, 3.63) is 87.9 Å². The summed E-state index contributed by atoms with van der Waals surface area (Å²) in [5, 5.41) is 13.5. The number of hydrogen-bond acceptors (Lipinski definition) is 6. The second-order valence-corrected chi connectivity index (χ2v) is 6.98. The highest BCUT2D eigenvalue weighted by Gasteiger charge is 2.34. The smallest absolute Gasteiger partial charge is 0.418 e. The zero-order chi connectivity index (χ0) is 24.9. The molecule has 3 aromatic rings. The van der Waals surface area contributed by atoms with Crippen molar-refractivity contribution < 1.29 is 36.8 Å². The van der Waals surface area contributed by atoms with Gasteiger partial charge in [-0.15, -0.1) is 0 Å². The Hall–Kier alpha value is -4.35. The van der Waals surface area contributed by atoms with E-state index in [0.29, 0.717) is 5.76 Å². The van der Waals surface area contributed by atoms with Gasteiger partial charge in [-0.05, 0) is 36.4 Å². The number of halogens is 3. The van der Waals surface area contributed by atoms with Crippen LogP contribution in [0.3, 0.4) is 0 Å². The monoisotopic (exact) mass is 477 g/mol. The third kappa shape index (κ3) is 5.71. The molecule has 3 rings (SSSR count). The van der Waals surface area contributed by atoms with Gasteiger partial charge in [0.15, 0.2) is 5.75 Å². The average molecular weight is 477 g/mol. The van der Waals surface area contributed by atoms with Crippen molar-refractivity contribution in [2.24, 2.45) is 0 Å². The standard InChI is InChI=1S/C22H18F3N3O6/c1-33-19-9-8-14(11-18(19)28(31)32)21(30)27(12-15-5-4-10-34-15)13-20(29)26-17-7-3-2-6-16(17)22(23,24)25/h2-11H,12-13H2,1H3,(H,26,29). The van der Waals surface area contributed by atoms with Crippen LogP contribution in [-0.4, -0.2) is 35.3 Å². The lowest BCUT2D eigenvalue weighted by atomic mass is 10.1. The summed E-state index contributed by atoms with van der Waals surface area (Å²) in [7, 11) is 1.23.